The zero-order valence-electron chi connectivity index (χ0n) is 47.8. The van der Waals surface area contributed by atoms with Crippen LogP contribution in [0.2, 0.25) is 0 Å². The van der Waals surface area contributed by atoms with E-state index in [0.717, 1.165) is 161 Å². The van der Waals surface area contributed by atoms with E-state index in [1.54, 1.807) is 0 Å². The maximum Gasteiger partial charge on any atom is 0.306 e. The van der Waals surface area contributed by atoms with E-state index < -0.39 is 6.10 Å². The number of allylic oxidation sites excluding steroid dienone is 22. The summed E-state index contributed by atoms with van der Waals surface area (Å²) in [5.41, 5.74) is 0. The number of carbonyl (C=O) groups is 3. The highest BCUT2D eigenvalue weighted by Crippen LogP contribution is 2.14. The molecule has 74 heavy (non-hydrogen) atoms. The van der Waals surface area contributed by atoms with E-state index in [1.807, 2.05) is 0 Å². The van der Waals surface area contributed by atoms with Crippen LogP contribution in [0.3, 0.4) is 0 Å². The van der Waals surface area contributed by atoms with Crippen LogP contribution >= 0.6 is 0 Å². The summed E-state index contributed by atoms with van der Waals surface area (Å²) in [4.78, 5) is 38.1. The summed E-state index contributed by atoms with van der Waals surface area (Å²) in [7, 11) is 0. The van der Waals surface area contributed by atoms with Crippen LogP contribution in [-0.2, 0) is 28.6 Å². The second-order valence-electron chi connectivity index (χ2n) is 19.5. The predicted molar refractivity (Wildman–Crippen MR) is 320 cm³/mol. The van der Waals surface area contributed by atoms with Gasteiger partial charge in [0, 0.05) is 19.3 Å². The van der Waals surface area contributed by atoms with Gasteiger partial charge in [-0.25, -0.2) is 0 Å². The van der Waals surface area contributed by atoms with Gasteiger partial charge in [-0.15, -0.1) is 0 Å². The second-order valence-corrected chi connectivity index (χ2v) is 19.5. The van der Waals surface area contributed by atoms with E-state index >= 15 is 0 Å². The van der Waals surface area contributed by atoms with Gasteiger partial charge in [0.05, 0.1) is 0 Å². The van der Waals surface area contributed by atoms with Crippen LogP contribution in [0.5, 0.6) is 0 Å². The van der Waals surface area contributed by atoms with Crippen LogP contribution in [0.1, 0.15) is 258 Å². The Morgan fingerprint density at radius 3 is 0.838 bits per heavy atom. The molecule has 0 aliphatic carbocycles. The molecule has 0 saturated carbocycles. The molecule has 0 saturated heterocycles. The van der Waals surface area contributed by atoms with Crippen molar-refractivity contribution in [3.63, 3.8) is 0 Å². The molecule has 0 aromatic heterocycles. The predicted octanol–water partition coefficient (Wildman–Crippen LogP) is 20.6. The highest BCUT2D eigenvalue weighted by atomic mass is 16.6. The quantitative estimate of drug-likeness (QED) is 0.0261. The minimum Gasteiger partial charge on any atom is -0.462 e. The van der Waals surface area contributed by atoms with Gasteiger partial charge < -0.3 is 14.2 Å². The van der Waals surface area contributed by atoms with Gasteiger partial charge in [-0.05, 0) is 128 Å². The third-order valence-corrected chi connectivity index (χ3v) is 12.4. The SMILES string of the molecule is CC/C=C\C/C=C\C/C=C\C/C=C\C/C=C\C/C=C\C/C=C\C/C=C\CCCCCCCCC(=O)OCC(COC(=O)CCCCCCC/C=C\CCCC)OC(=O)CCCCCCC/C=C\C/C=C\CCCC. The lowest BCUT2D eigenvalue weighted by atomic mass is 10.1. The topological polar surface area (TPSA) is 78.9 Å². The van der Waals surface area contributed by atoms with E-state index in [9.17, 15) is 14.4 Å². The lowest BCUT2D eigenvalue weighted by molar-refractivity contribution is -0.167. The largest absolute Gasteiger partial charge is 0.462 e. The van der Waals surface area contributed by atoms with Gasteiger partial charge in [0.2, 0.25) is 0 Å². The highest BCUT2D eigenvalue weighted by molar-refractivity contribution is 5.71. The third-order valence-electron chi connectivity index (χ3n) is 12.4. The fraction of sp³-hybridized carbons (Fsp3) is 0.632. The normalized spacial score (nSPS) is 13.1. The lowest BCUT2D eigenvalue weighted by Gasteiger charge is -2.18. The van der Waals surface area contributed by atoms with Gasteiger partial charge in [-0.1, -0.05) is 244 Å². The number of ether oxygens (including phenoxy) is 3. The van der Waals surface area contributed by atoms with Gasteiger partial charge in [-0.3, -0.25) is 14.4 Å². The fourth-order valence-corrected chi connectivity index (χ4v) is 7.81. The molecule has 418 valence electrons. The van der Waals surface area contributed by atoms with Gasteiger partial charge >= 0.3 is 17.9 Å². The number of carbonyl (C=O) groups excluding carboxylic acids is 3. The van der Waals surface area contributed by atoms with Crippen molar-refractivity contribution in [3.05, 3.63) is 134 Å². The number of rotatable bonds is 53. The first-order valence-corrected chi connectivity index (χ1v) is 30.2. The summed E-state index contributed by atoms with van der Waals surface area (Å²) in [5, 5.41) is 0. The molecule has 0 heterocycles. The average molecular weight is 1020 g/mol. The second kappa shape index (κ2) is 61.1. The molecule has 0 aromatic carbocycles. The molecule has 0 N–H and O–H groups in total. The zero-order chi connectivity index (χ0) is 53.6. The van der Waals surface area contributed by atoms with Crippen molar-refractivity contribution in [1.82, 2.24) is 0 Å². The molecular weight excluding hydrogens is 913 g/mol. The van der Waals surface area contributed by atoms with Crippen LogP contribution in [0.4, 0.5) is 0 Å². The van der Waals surface area contributed by atoms with Crippen LogP contribution < -0.4 is 0 Å². The van der Waals surface area contributed by atoms with Crippen molar-refractivity contribution in [3.8, 4) is 0 Å². The summed E-state index contributed by atoms with van der Waals surface area (Å²) >= 11 is 0. The Bertz CT molecular complexity index is 1600. The molecular formula is C68H110O6. The Hall–Kier alpha value is -4.45. The Labute approximate surface area is 455 Å². The number of hydrogen-bond acceptors (Lipinski definition) is 6. The van der Waals surface area contributed by atoms with E-state index in [4.69, 9.17) is 14.2 Å². The molecule has 0 amide bonds. The third kappa shape index (κ3) is 58.4. The van der Waals surface area contributed by atoms with Gasteiger partial charge in [0.1, 0.15) is 13.2 Å². The molecule has 0 aliphatic heterocycles. The first-order chi connectivity index (χ1) is 36.5. The summed E-state index contributed by atoms with van der Waals surface area (Å²) in [5.74, 6) is -0.938. The first-order valence-electron chi connectivity index (χ1n) is 30.2. The molecule has 6 heteroatoms. The number of esters is 3. The van der Waals surface area contributed by atoms with Crippen molar-refractivity contribution in [2.45, 2.75) is 264 Å². The van der Waals surface area contributed by atoms with Crippen molar-refractivity contribution >= 4 is 17.9 Å². The van der Waals surface area contributed by atoms with Crippen LogP contribution in [0.25, 0.3) is 0 Å². The molecule has 0 radical (unpaired) electrons. The van der Waals surface area contributed by atoms with Crippen LogP contribution in [0, 0.1) is 0 Å². The standard InChI is InChI=1S/C68H110O6/c1-4-7-10-13-16-19-22-24-26-27-28-29-30-31-32-33-34-35-36-37-38-39-40-41-42-44-46-49-52-55-58-61-67(70)73-64-65(63-72-66(69)60-57-54-51-48-45-21-18-15-12-9-6-3)74-68(71)62-59-56-53-50-47-43-25-23-20-17-14-11-8-5-2/h7,10,14-19,23-26,28-29,31-32,34-35,37-38,40-41,65H,4-6,8-9,11-13,20-22,27,30,33,36,39,42-64H2,1-3H3/b10-7-,17-14-,18-15-,19-16-,25-23-,26-24-,29-28-,32-31-,35-34-,38-37-,41-40-. The molecule has 0 spiro atoms. The minimum absolute atomic E-state index is 0.0960. The van der Waals surface area contributed by atoms with Crippen molar-refractivity contribution < 1.29 is 28.6 Å². The monoisotopic (exact) mass is 1020 g/mol. The average Bonchev–Trinajstić information content (AvgIpc) is 3.40. The van der Waals surface area contributed by atoms with Crippen molar-refractivity contribution in [2.24, 2.45) is 0 Å². The number of hydrogen-bond donors (Lipinski definition) is 0. The molecule has 0 bridgehead atoms. The lowest BCUT2D eigenvalue weighted by Crippen LogP contribution is -2.30. The maximum absolute atomic E-state index is 12.8. The van der Waals surface area contributed by atoms with E-state index in [-0.39, 0.29) is 31.1 Å². The fourth-order valence-electron chi connectivity index (χ4n) is 7.81. The summed E-state index contributed by atoms with van der Waals surface area (Å²) < 4.78 is 16.8. The molecule has 1 unspecified atom stereocenters. The first kappa shape index (κ1) is 69.5. The van der Waals surface area contributed by atoms with Gasteiger partial charge in [-0.2, -0.15) is 0 Å². The van der Waals surface area contributed by atoms with E-state index in [1.165, 1.54) is 57.8 Å². The molecule has 0 fully saturated rings. The smallest absolute Gasteiger partial charge is 0.306 e. The van der Waals surface area contributed by atoms with Gasteiger partial charge in [0.25, 0.3) is 0 Å². The Balaban J connectivity index is 4.30. The van der Waals surface area contributed by atoms with Crippen molar-refractivity contribution in [1.29, 1.82) is 0 Å². The zero-order valence-corrected chi connectivity index (χ0v) is 47.8. The Kier molecular flexibility index (Phi) is 57.4. The summed E-state index contributed by atoms with van der Waals surface area (Å²) in [6, 6.07) is 0. The molecule has 0 rings (SSSR count). The van der Waals surface area contributed by atoms with E-state index in [0.29, 0.717) is 19.3 Å². The van der Waals surface area contributed by atoms with E-state index in [2.05, 4.69) is 154 Å². The minimum atomic E-state index is -0.799. The van der Waals surface area contributed by atoms with Gasteiger partial charge in [0.15, 0.2) is 6.10 Å². The molecule has 1 atom stereocenters. The summed E-state index contributed by atoms with van der Waals surface area (Å²) in [6.45, 7) is 6.41. The van der Waals surface area contributed by atoms with Crippen molar-refractivity contribution in [2.75, 3.05) is 13.2 Å². The Morgan fingerprint density at radius 1 is 0.284 bits per heavy atom. The highest BCUT2D eigenvalue weighted by Gasteiger charge is 2.19. The maximum atomic E-state index is 12.8. The molecule has 0 aromatic rings. The van der Waals surface area contributed by atoms with Crippen LogP contribution in [-0.4, -0.2) is 37.2 Å². The summed E-state index contributed by atoms with van der Waals surface area (Å²) in [6.07, 6.45) is 85.9. The van der Waals surface area contributed by atoms with Crippen LogP contribution in [0.15, 0.2) is 134 Å². The molecule has 6 nitrogen and oxygen atoms in total. The number of unbranched alkanes of at least 4 members (excludes halogenated alkanes) is 20. The Morgan fingerprint density at radius 2 is 0.527 bits per heavy atom. The molecule has 0 aliphatic rings.